The summed E-state index contributed by atoms with van der Waals surface area (Å²) in [7, 11) is 1.46. The molecular weight excluding hydrogens is 372 g/mol. The number of thioether (sulfide) groups is 1. The number of furan rings is 1. The van der Waals surface area contributed by atoms with Crippen LogP contribution in [0.5, 0.6) is 5.75 Å². The number of imide groups is 1. The van der Waals surface area contributed by atoms with Crippen molar-refractivity contribution in [1.29, 1.82) is 0 Å². The molecule has 1 aliphatic rings. The lowest BCUT2D eigenvalue weighted by Gasteiger charge is -2.09. The van der Waals surface area contributed by atoms with Crippen LogP contribution in [0, 0.1) is 10.1 Å². The second kappa shape index (κ2) is 7.67. The highest BCUT2D eigenvalue weighted by Crippen LogP contribution is 2.36. The molecule has 0 aliphatic carbocycles. The van der Waals surface area contributed by atoms with Crippen LogP contribution in [0.4, 0.5) is 10.5 Å². The minimum Gasteiger partial charge on any atom is -0.496 e. The Morgan fingerprint density at radius 2 is 2.07 bits per heavy atom. The van der Waals surface area contributed by atoms with Crippen molar-refractivity contribution in [2.75, 3.05) is 13.7 Å². The van der Waals surface area contributed by atoms with Crippen LogP contribution in [0.3, 0.4) is 0 Å². The summed E-state index contributed by atoms with van der Waals surface area (Å²) in [6.07, 6.45) is 2.18. The molecule has 3 rings (SSSR count). The Labute approximate surface area is 158 Å². The molecule has 1 aromatic heterocycles. The molecule has 0 radical (unpaired) electrons. The molecular formula is C18H16N2O6S. The number of ether oxygens (including phenoxy) is 1. The first-order valence-electron chi connectivity index (χ1n) is 8.12. The Morgan fingerprint density at radius 3 is 2.74 bits per heavy atom. The molecule has 0 atom stereocenters. The van der Waals surface area contributed by atoms with E-state index in [0.717, 1.165) is 11.8 Å². The van der Waals surface area contributed by atoms with E-state index in [0.29, 0.717) is 35.8 Å². The lowest BCUT2D eigenvalue weighted by molar-refractivity contribution is -0.384. The third-order valence-electron chi connectivity index (χ3n) is 3.88. The van der Waals surface area contributed by atoms with Gasteiger partial charge in [-0.05, 0) is 36.4 Å². The fourth-order valence-electron chi connectivity index (χ4n) is 2.62. The van der Waals surface area contributed by atoms with Gasteiger partial charge in [0.05, 0.1) is 22.5 Å². The summed E-state index contributed by atoms with van der Waals surface area (Å²) in [5.74, 6) is 0.789. The zero-order chi connectivity index (χ0) is 19.6. The fraction of sp³-hybridized carbons (Fsp3) is 0.222. The number of carbonyl (C=O) groups is 2. The molecule has 27 heavy (non-hydrogen) atoms. The van der Waals surface area contributed by atoms with E-state index in [1.54, 1.807) is 12.1 Å². The van der Waals surface area contributed by atoms with Gasteiger partial charge >= 0.3 is 0 Å². The van der Waals surface area contributed by atoms with Gasteiger partial charge in [0.2, 0.25) is 0 Å². The first-order valence-corrected chi connectivity index (χ1v) is 8.94. The molecule has 1 fully saturated rings. The second-order valence-corrected chi connectivity index (χ2v) is 6.67. The van der Waals surface area contributed by atoms with Gasteiger partial charge in [0.25, 0.3) is 16.8 Å². The fourth-order valence-corrected chi connectivity index (χ4v) is 3.47. The molecule has 1 saturated heterocycles. The molecule has 0 saturated carbocycles. The molecule has 0 N–H and O–H groups in total. The standard InChI is InChI=1S/C18H16N2O6S/c1-3-8-19-17(21)16(27-18(19)22)10-12-5-7-15(26-12)13-9-11(20(23)24)4-6-14(13)25-2/h4-7,9-10H,3,8H2,1-2H3/b16-10+. The Morgan fingerprint density at radius 1 is 1.30 bits per heavy atom. The average Bonchev–Trinajstić information content (AvgIpc) is 3.22. The van der Waals surface area contributed by atoms with Crippen molar-refractivity contribution in [3.05, 3.63) is 51.1 Å². The number of rotatable bonds is 6. The van der Waals surface area contributed by atoms with E-state index in [2.05, 4.69) is 0 Å². The van der Waals surface area contributed by atoms with Crippen molar-refractivity contribution < 1.29 is 23.7 Å². The quantitative estimate of drug-likeness (QED) is 0.413. The van der Waals surface area contributed by atoms with Gasteiger partial charge < -0.3 is 9.15 Å². The van der Waals surface area contributed by atoms with E-state index in [1.807, 2.05) is 6.92 Å². The summed E-state index contributed by atoms with van der Waals surface area (Å²) < 4.78 is 11.0. The van der Waals surface area contributed by atoms with Gasteiger partial charge in [-0.15, -0.1) is 0 Å². The zero-order valence-corrected chi connectivity index (χ0v) is 15.4. The van der Waals surface area contributed by atoms with Crippen LogP contribution >= 0.6 is 11.8 Å². The number of nitrogens with zero attached hydrogens (tertiary/aromatic N) is 2. The predicted molar refractivity (Wildman–Crippen MR) is 100 cm³/mol. The maximum absolute atomic E-state index is 12.3. The van der Waals surface area contributed by atoms with Crippen molar-refractivity contribution >= 4 is 34.7 Å². The molecule has 1 aliphatic heterocycles. The molecule has 0 spiro atoms. The summed E-state index contributed by atoms with van der Waals surface area (Å²) in [4.78, 5) is 36.2. The van der Waals surface area contributed by atoms with Gasteiger partial charge in [-0.2, -0.15) is 0 Å². The van der Waals surface area contributed by atoms with Crippen LogP contribution in [-0.2, 0) is 4.79 Å². The number of non-ortho nitro benzene ring substituents is 1. The molecule has 8 nitrogen and oxygen atoms in total. The molecule has 140 valence electrons. The number of hydrogen-bond donors (Lipinski definition) is 0. The van der Waals surface area contributed by atoms with Gasteiger partial charge in [0, 0.05) is 24.8 Å². The summed E-state index contributed by atoms with van der Waals surface area (Å²) >= 11 is 0.860. The third-order valence-corrected chi connectivity index (χ3v) is 4.79. The van der Waals surface area contributed by atoms with Crippen molar-refractivity contribution in [2.24, 2.45) is 0 Å². The minimum atomic E-state index is -0.503. The summed E-state index contributed by atoms with van der Waals surface area (Å²) in [5.41, 5.74) is 0.329. The SMILES string of the molecule is CCCN1C(=O)S/C(=C/c2ccc(-c3cc([N+](=O)[O-])ccc3OC)o2)C1=O. The zero-order valence-electron chi connectivity index (χ0n) is 14.6. The molecule has 2 heterocycles. The highest BCUT2D eigenvalue weighted by Gasteiger charge is 2.34. The topological polar surface area (TPSA) is 103 Å². The van der Waals surface area contributed by atoms with Crippen molar-refractivity contribution in [2.45, 2.75) is 13.3 Å². The second-order valence-electron chi connectivity index (χ2n) is 5.68. The molecule has 0 unspecified atom stereocenters. The Hall–Kier alpha value is -3.07. The van der Waals surface area contributed by atoms with Crippen LogP contribution in [0.2, 0.25) is 0 Å². The first-order chi connectivity index (χ1) is 12.9. The minimum absolute atomic E-state index is 0.0931. The third kappa shape index (κ3) is 3.72. The van der Waals surface area contributed by atoms with Gasteiger partial charge in [0.15, 0.2) is 0 Å². The van der Waals surface area contributed by atoms with E-state index < -0.39 is 4.92 Å². The number of methoxy groups -OCH3 is 1. The smallest absolute Gasteiger partial charge is 0.293 e. The molecule has 2 aromatic rings. The Kier molecular flexibility index (Phi) is 5.31. The van der Waals surface area contributed by atoms with E-state index in [9.17, 15) is 19.7 Å². The van der Waals surface area contributed by atoms with E-state index in [1.165, 1.54) is 36.3 Å². The number of nitro groups is 1. The van der Waals surface area contributed by atoms with Crippen LogP contribution in [0.25, 0.3) is 17.4 Å². The van der Waals surface area contributed by atoms with Crippen LogP contribution < -0.4 is 4.74 Å². The Balaban J connectivity index is 1.92. The number of carbonyl (C=O) groups excluding carboxylic acids is 2. The molecule has 1 aromatic carbocycles. The van der Waals surface area contributed by atoms with Gasteiger partial charge in [-0.1, -0.05) is 6.92 Å². The first kappa shape index (κ1) is 18.7. The van der Waals surface area contributed by atoms with Crippen LogP contribution in [0.1, 0.15) is 19.1 Å². The van der Waals surface area contributed by atoms with Crippen molar-refractivity contribution in [3.8, 4) is 17.1 Å². The van der Waals surface area contributed by atoms with Crippen molar-refractivity contribution in [3.63, 3.8) is 0 Å². The molecule has 9 heteroatoms. The lowest BCUT2D eigenvalue weighted by atomic mass is 10.1. The normalized spacial score (nSPS) is 15.6. The Bertz CT molecular complexity index is 949. The predicted octanol–water partition coefficient (Wildman–Crippen LogP) is 4.31. The lowest BCUT2D eigenvalue weighted by Crippen LogP contribution is -2.28. The van der Waals surface area contributed by atoms with Gasteiger partial charge in [-0.25, -0.2) is 0 Å². The maximum atomic E-state index is 12.3. The van der Waals surface area contributed by atoms with E-state index in [-0.39, 0.29) is 21.7 Å². The molecule has 2 amide bonds. The monoisotopic (exact) mass is 388 g/mol. The number of nitro benzene ring substituents is 1. The number of benzene rings is 1. The summed E-state index contributed by atoms with van der Waals surface area (Å²) in [5, 5.41) is 10.7. The van der Waals surface area contributed by atoms with Crippen molar-refractivity contribution in [1.82, 2.24) is 4.90 Å². The highest BCUT2D eigenvalue weighted by molar-refractivity contribution is 8.18. The van der Waals surface area contributed by atoms with Gasteiger partial charge in [0.1, 0.15) is 17.3 Å². The maximum Gasteiger partial charge on any atom is 0.293 e. The van der Waals surface area contributed by atoms with Crippen LogP contribution in [-0.4, -0.2) is 34.6 Å². The number of amides is 2. The largest absolute Gasteiger partial charge is 0.496 e. The summed E-state index contributed by atoms with van der Waals surface area (Å²) in [6.45, 7) is 2.26. The van der Waals surface area contributed by atoms with Gasteiger partial charge in [-0.3, -0.25) is 24.6 Å². The summed E-state index contributed by atoms with van der Waals surface area (Å²) in [6, 6.07) is 7.45. The molecule has 0 bridgehead atoms. The highest BCUT2D eigenvalue weighted by atomic mass is 32.2. The van der Waals surface area contributed by atoms with E-state index in [4.69, 9.17) is 9.15 Å². The number of hydrogen-bond acceptors (Lipinski definition) is 7. The van der Waals surface area contributed by atoms with Crippen LogP contribution in [0.15, 0.2) is 39.7 Å². The van der Waals surface area contributed by atoms with E-state index >= 15 is 0 Å². The average molecular weight is 388 g/mol.